The maximum atomic E-state index is 11.0. The minimum atomic E-state index is -1.03. The third kappa shape index (κ3) is 3.92. The summed E-state index contributed by atoms with van der Waals surface area (Å²) in [4.78, 5) is 17.6. The molecule has 2 aromatic rings. The summed E-state index contributed by atoms with van der Waals surface area (Å²) in [5, 5.41) is 9.02. The summed E-state index contributed by atoms with van der Waals surface area (Å²) < 4.78 is 5.41. The molecule has 21 heavy (non-hydrogen) atoms. The summed E-state index contributed by atoms with van der Waals surface area (Å²) in [7, 11) is 0. The van der Waals surface area contributed by atoms with Crippen molar-refractivity contribution in [1.29, 1.82) is 0 Å². The van der Waals surface area contributed by atoms with Gasteiger partial charge in [-0.1, -0.05) is 13.0 Å². The zero-order valence-corrected chi connectivity index (χ0v) is 12.6. The molecule has 0 saturated heterocycles. The Morgan fingerprint density at radius 2 is 2.10 bits per heavy atom. The molecule has 5 nitrogen and oxygen atoms in total. The predicted molar refractivity (Wildman–Crippen MR) is 79.2 cm³/mol. The highest BCUT2D eigenvalue weighted by atomic mass is 16.4. The van der Waals surface area contributed by atoms with Gasteiger partial charge in [-0.15, -0.1) is 0 Å². The van der Waals surface area contributed by atoms with Crippen LogP contribution in [0.25, 0.3) is 0 Å². The van der Waals surface area contributed by atoms with E-state index in [1.54, 1.807) is 13.0 Å². The zero-order valence-electron chi connectivity index (χ0n) is 12.6. The number of pyridine rings is 1. The second kappa shape index (κ2) is 6.54. The van der Waals surface area contributed by atoms with Gasteiger partial charge in [-0.05, 0) is 38.6 Å². The van der Waals surface area contributed by atoms with Crippen LogP contribution in [0.1, 0.15) is 40.2 Å². The first kappa shape index (κ1) is 15.3. The van der Waals surface area contributed by atoms with E-state index in [2.05, 4.69) is 16.8 Å². The van der Waals surface area contributed by atoms with Crippen molar-refractivity contribution in [2.45, 2.75) is 33.9 Å². The Hall–Kier alpha value is -2.14. The van der Waals surface area contributed by atoms with Crippen LogP contribution < -0.4 is 0 Å². The summed E-state index contributed by atoms with van der Waals surface area (Å²) in [5.74, 6) is -0.337. The van der Waals surface area contributed by atoms with E-state index in [4.69, 9.17) is 9.52 Å². The number of hydrogen-bond donors (Lipinski definition) is 1. The lowest BCUT2D eigenvalue weighted by atomic mass is 10.2. The Labute approximate surface area is 124 Å². The summed E-state index contributed by atoms with van der Waals surface area (Å²) in [5.41, 5.74) is 2.64. The van der Waals surface area contributed by atoms with Crippen molar-refractivity contribution in [1.82, 2.24) is 9.88 Å². The molecule has 0 bridgehead atoms. The second-order valence-electron chi connectivity index (χ2n) is 5.10. The van der Waals surface area contributed by atoms with Gasteiger partial charge < -0.3 is 9.52 Å². The summed E-state index contributed by atoms with van der Waals surface area (Å²) in [6.07, 6.45) is 0. The average Bonchev–Trinajstić information content (AvgIpc) is 2.79. The number of aryl methyl sites for hydroxylation is 2. The molecule has 0 aliphatic heterocycles. The van der Waals surface area contributed by atoms with Gasteiger partial charge in [0.2, 0.25) is 5.76 Å². The van der Waals surface area contributed by atoms with Crippen LogP contribution in [0.3, 0.4) is 0 Å². The van der Waals surface area contributed by atoms with Gasteiger partial charge in [0.1, 0.15) is 5.76 Å². The van der Waals surface area contributed by atoms with E-state index >= 15 is 0 Å². The maximum absolute atomic E-state index is 11.0. The lowest BCUT2D eigenvalue weighted by molar-refractivity contribution is 0.0657. The van der Waals surface area contributed by atoms with Crippen LogP contribution in [0, 0.1) is 13.8 Å². The minimum Gasteiger partial charge on any atom is -0.475 e. The number of aromatic nitrogens is 1. The van der Waals surface area contributed by atoms with E-state index in [0.29, 0.717) is 24.4 Å². The van der Waals surface area contributed by atoms with Gasteiger partial charge in [0, 0.05) is 17.8 Å². The molecular weight excluding hydrogens is 268 g/mol. The number of carboxylic acids is 1. The van der Waals surface area contributed by atoms with Crippen molar-refractivity contribution in [3.63, 3.8) is 0 Å². The Morgan fingerprint density at radius 3 is 2.67 bits per heavy atom. The van der Waals surface area contributed by atoms with Crippen LogP contribution in [0.2, 0.25) is 0 Å². The first-order valence-corrected chi connectivity index (χ1v) is 6.97. The molecule has 0 atom stereocenters. The molecule has 1 N–H and O–H groups in total. The summed E-state index contributed by atoms with van der Waals surface area (Å²) >= 11 is 0. The van der Waals surface area contributed by atoms with Gasteiger partial charge in [-0.3, -0.25) is 9.88 Å². The van der Waals surface area contributed by atoms with Crippen LogP contribution in [-0.2, 0) is 13.1 Å². The summed E-state index contributed by atoms with van der Waals surface area (Å²) in [6.45, 7) is 7.88. The van der Waals surface area contributed by atoms with Crippen molar-refractivity contribution in [2.75, 3.05) is 6.54 Å². The smallest absolute Gasteiger partial charge is 0.372 e. The Kier molecular flexibility index (Phi) is 4.75. The molecule has 0 radical (unpaired) electrons. The minimum absolute atomic E-state index is 0.0229. The van der Waals surface area contributed by atoms with Crippen molar-refractivity contribution >= 4 is 5.97 Å². The lowest BCUT2D eigenvalue weighted by Gasteiger charge is -2.18. The predicted octanol–water partition coefficient (Wildman–Crippen LogP) is 3.01. The van der Waals surface area contributed by atoms with E-state index in [-0.39, 0.29) is 5.76 Å². The van der Waals surface area contributed by atoms with Crippen LogP contribution in [-0.4, -0.2) is 27.5 Å². The SMILES string of the molecule is CCN(Cc1cccc(C)n1)Cc1cc(C)c(C(=O)O)o1. The molecule has 112 valence electrons. The number of hydrogen-bond acceptors (Lipinski definition) is 4. The number of furan rings is 1. The quantitative estimate of drug-likeness (QED) is 0.885. The molecule has 2 rings (SSSR count). The van der Waals surface area contributed by atoms with Crippen LogP contribution >= 0.6 is 0 Å². The maximum Gasteiger partial charge on any atom is 0.372 e. The molecular formula is C16H20N2O3. The van der Waals surface area contributed by atoms with Gasteiger partial charge in [-0.2, -0.15) is 0 Å². The third-order valence-corrected chi connectivity index (χ3v) is 3.32. The van der Waals surface area contributed by atoms with Crippen molar-refractivity contribution in [2.24, 2.45) is 0 Å². The normalized spacial score (nSPS) is 11.0. The topological polar surface area (TPSA) is 66.6 Å². The molecule has 2 aromatic heterocycles. The van der Waals surface area contributed by atoms with Crippen LogP contribution in [0.5, 0.6) is 0 Å². The molecule has 0 saturated carbocycles. The first-order chi connectivity index (χ1) is 9.99. The number of nitrogens with zero attached hydrogens (tertiary/aromatic N) is 2. The van der Waals surface area contributed by atoms with Crippen molar-refractivity contribution in [3.8, 4) is 0 Å². The van der Waals surface area contributed by atoms with E-state index in [1.807, 2.05) is 25.1 Å². The standard InChI is InChI=1S/C16H20N2O3/c1-4-18(9-13-7-5-6-12(3)17-13)10-14-8-11(2)15(21-14)16(19)20/h5-8H,4,9-10H2,1-3H3,(H,19,20). The molecule has 0 unspecified atom stereocenters. The lowest BCUT2D eigenvalue weighted by Crippen LogP contribution is -2.22. The van der Waals surface area contributed by atoms with Gasteiger partial charge >= 0.3 is 5.97 Å². The largest absolute Gasteiger partial charge is 0.475 e. The molecule has 0 aromatic carbocycles. The van der Waals surface area contributed by atoms with E-state index < -0.39 is 5.97 Å². The Balaban J connectivity index is 2.08. The highest BCUT2D eigenvalue weighted by molar-refractivity contribution is 5.86. The fourth-order valence-corrected chi connectivity index (χ4v) is 2.25. The monoisotopic (exact) mass is 288 g/mol. The molecule has 0 fully saturated rings. The van der Waals surface area contributed by atoms with Gasteiger partial charge in [0.15, 0.2) is 0 Å². The van der Waals surface area contributed by atoms with Gasteiger partial charge in [0.05, 0.1) is 12.2 Å². The second-order valence-corrected chi connectivity index (χ2v) is 5.10. The molecule has 0 amide bonds. The number of rotatable bonds is 6. The average molecular weight is 288 g/mol. The van der Waals surface area contributed by atoms with E-state index in [9.17, 15) is 4.79 Å². The van der Waals surface area contributed by atoms with Crippen LogP contribution in [0.15, 0.2) is 28.7 Å². The Bertz CT molecular complexity index is 634. The van der Waals surface area contributed by atoms with E-state index in [0.717, 1.165) is 17.9 Å². The zero-order chi connectivity index (χ0) is 15.4. The third-order valence-electron chi connectivity index (χ3n) is 3.32. The highest BCUT2D eigenvalue weighted by Gasteiger charge is 2.16. The summed E-state index contributed by atoms with van der Waals surface area (Å²) in [6, 6.07) is 7.74. The van der Waals surface area contributed by atoms with Gasteiger partial charge in [-0.25, -0.2) is 4.79 Å². The molecule has 0 spiro atoms. The molecule has 5 heteroatoms. The Morgan fingerprint density at radius 1 is 1.33 bits per heavy atom. The van der Waals surface area contributed by atoms with Crippen molar-refractivity contribution < 1.29 is 14.3 Å². The van der Waals surface area contributed by atoms with Crippen molar-refractivity contribution in [3.05, 3.63) is 52.7 Å². The van der Waals surface area contributed by atoms with E-state index in [1.165, 1.54) is 0 Å². The molecule has 0 aliphatic rings. The number of carboxylic acid groups (broad SMARTS) is 1. The highest BCUT2D eigenvalue weighted by Crippen LogP contribution is 2.17. The molecule has 2 heterocycles. The molecule has 0 aliphatic carbocycles. The fourth-order valence-electron chi connectivity index (χ4n) is 2.25. The number of carbonyl (C=O) groups is 1. The first-order valence-electron chi connectivity index (χ1n) is 6.97. The van der Waals surface area contributed by atoms with Gasteiger partial charge in [0.25, 0.3) is 0 Å². The number of aromatic carboxylic acids is 1. The fraction of sp³-hybridized carbons (Fsp3) is 0.375. The van der Waals surface area contributed by atoms with Crippen LogP contribution in [0.4, 0.5) is 0 Å².